The van der Waals surface area contributed by atoms with E-state index in [1.54, 1.807) is 45.0 Å². The Hall–Kier alpha value is -2.57. The zero-order valence-corrected chi connectivity index (χ0v) is 15.1. The average Bonchev–Trinajstić information content (AvgIpc) is 2.48. The third-order valence-electron chi connectivity index (χ3n) is 2.99. The maximum Gasteiger partial charge on any atom is 0.330 e. The van der Waals surface area contributed by atoms with E-state index in [9.17, 15) is 9.59 Å². The van der Waals surface area contributed by atoms with Gasteiger partial charge in [-0.25, -0.2) is 9.79 Å². The summed E-state index contributed by atoms with van der Waals surface area (Å²) in [4.78, 5) is 30.3. The molecule has 0 aromatic heterocycles. The van der Waals surface area contributed by atoms with E-state index in [2.05, 4.69) is 10.3 Å². The van der Waals surface area contributed by atoms with E-state index in [-0.39, 0.29) is 12.1 Å². The first kappa shape index (κ1) is 19.5. The summed E-state index contributed by atoms with van der Waals surface area (Å²) in [5, 5.41) is 2.64. The number of guanidine groups is 1. The molecule has 0 heterocycles. The Morgan fingerprint density at radius 3 is 2.17 bits per heavy atom. The van der Waals surface area contributed by atoms with Crippen LogP contribution in [-0.4, -0.2) is 54.4 Å². The van der Waals surface area contributed by atoms with E-state index in [4.69, 9.17) is 4.74 Å². The number of urea groups is 1. The second-order valence-corrected chi connectivity index (χ2v) is 6.03. The number of carbonyl (C=O) groups is 2. The minimum Gasteiger partial charge on any atom is -0.491 e. The largest absolute Gasteiger partial charge is 0.491 e. The molecule has 0 fully saturated rings. The molecule has 1 aromatic rings. The van der Waals surface area contributed by atoms with Gasteiger partial charge >= 0.3 is 6.03 Å². The van der Waals surface area contributed by atoms with Gasteiger partial charge < -0.3 is 9.64 Å². The summed E-state index contributed by atoms with van der Waals surface area (Å²) in [7, 11) is 3.52. The lowest BCUT2D eigenvalue weighted by atomic mass is 10.3. The van der Waals surface area contributed by atoms with Gasteiger partial charge in [0, 0.05) is 20.1 Å². The average molecular weight is 334 g/mol. The molecule has 24 heavy (non-hydrogen) atoms. The van der Waals surface area contributed by atoms with Crippen LogP contribution >= 0.6 is 0 Å². The highest BCUT2D eigenvalue weighted by Crippen LogP contribution is 2.19. The monoisotopic (exact) mass is 334 g/mol. The van der Waals surface area contributed by atoms with Gasteiger partial charge in [0.2, 0.25) is 12.4 Å². The maximum atomic E-state index is 12.2. The Morgan fingerprint density at radius 1 is 1.17 bits per heavy atom. The quantitative estimate of drug-likeness (QED) is 0.510. The number of nitrogens with one attached hydrogen (secondary N) is 1. The van der Waals surface area contributed by atoms with Crippen LogP contribution in [0, 0.1) is 0 Å². The lowest BCUT2D eigenvalue weighted by Gasteiger charge is -2.23. The van der Waals surface area contributed by atoms with Crippen LogP contribution in [-0.2, 0) is 4.79 Å². The predicted molar refractivity (Wildman–Crippen MR) is 94.6 cm³/mol. The molecule has 0 unspecified atom stereocenters. The summed E-state index contributed by atoms with van der Waals surface area (Å²) in [5.74, 6) is 1.09. The molecule has 132 valence electrons. The molecule has 7 nitrogen and oxygen atoms in total. The first-order valence-corrected chi connectivity index (χ1v) is 7.82. The van der Waals surface area contributed by atoms with Crippen molar-refractivity contribution in [2.75, 3.05) is 14.1 Å². The SMILES string of the molecule is CC(C)Oc1ccc(N=C(NC(=O)N(C=O)C(C)C)N(C)C)cc1. The molecule has 0 bridgehead atoms. The van der Waals surface area contributed by atoms with Crippen LogP contribution in [0.3, 0.4) is 0 Å². The number of amides is 3. The molecule has 1 N–H and O–H groups in total. The third kappa shape index (κ3) is 5.91. The Balaban J connectivity index is 2.93. The third-order valence-corrected chi connectivity index (χ3v) is 2.99. The molecule has 0 aliphatic heterocycles. The summed E-state index contributed by atoms with van der Waals surface area (Å²) >= 11 is 0. The van der Waals surface area contributed by atoms with Crippen LogP contribution < -0.4 is 10.1 Å². The molecule has 0 spiro atoms. The summed E-state index contributed by atoms with van der Waals surface area (Å²) in [6.45, 7) is 7.43. The molecule has 7 heteroatoms. The van der Waals surface area contributed by atoms with E-state index in [1.165, 1.54) is 0 Å². The molecule has 0 saturated carbocycles. The van der Waals surface area contributed by atoms with Crippen molar-refractivity contribution in [1.29, 1.82) is 0 Å². The molecular weight excluding hydrogens is 308 g/mol. The van der Waals surface area contributed by atoms with Crippen LogP contribution in [0.4, 0.5) is 10.5 Å². The second kappa shape index (κ2) is 8.90. The number of ether oxygens (including phenoxy) is 1. The Kier molecular flexibility index (Phi) is 7.23. The lowest BCUT2D eigenvalue weighted by molar-refractivity contribution is -0.116. The lowest BCUT2D eigenvalue weighted by Crippen LogP contribution is -2.49. The molecule has 0 radical (unpaired) electrons. The number of carbonyl (C=O) groups excluding carboxylic acids is 2. The van der Waals surface area contributed by atoms with Crippen molar-refractivity contribution in [3.8, 4) is 5.75 Å². The number of benzene rings is 1. The molecule has 0 aliphatic carbocycles. The normalized spacial score (nSPS) is 11.4. The van der Waals surface area contributed by atoms with E-state index < -0.39 is 6.03 Å². The zero-order valence-electron chi connectivity index (χ0n) is 15.1. The van der Waals surface area contributed by atoms with Crippen LogP contribution in [0.1, 0.15) is 27.7 Å². The van der Waals surface area contributed by atoms with Gasteiger partial charge in [-0.2, -0.15) is 0 Å². The Morgan fingerprint density at radius 2 is 1.75 bits per heavy atom. The highest BCUT2D eigenvalue weighted by molar-refractivity contribution is 6.00. The Bertz CT molecular complexity index is 580. The standard InChI is InChI=1S/C17H26N4O3/c1-12(2)21(11-22)17(23)19-16(20(5)6)18-14-7-9-15(10-8-14)24-13(3)4/h7-13H,1-6H3,(H,18,19,23). The highest BCUT2D eigenvalue weighted by atomic mass is 16.5. The van der Waals surface area contributed by atoms with Crippen molar-refractivity contribution in [3.05, 3.63) is 24.3 Å². The summed E-state index contributed by atoms with van der Waals surface area (Å²) in [5.41, 5.74) is 0.664. The summed E-state index contributed by atoms with van der Waals surface area (Å²) in [6.07, 6.45) is 0.604. The van der Waals surface area contributed by atoms with Gasteiger partial charge in [0.1, 0.15) is 5.75 Å². The second-order valence-electron chi connectivity index (χ2n) is 6.03. The van der Waals surface area contributed by atoms with E-state index in [0.29, 0.717) is 18.1 Å². The molecule has 0 saturated heterocycles. The molecule has 1 rings (SSSR count). The molecular formula is C17H26N4O3. The van der Waals surface area contributed by atoms with Crippen molar-refractivity contribution in [1.82, 2.24) is 15.1 Å². The van der Waals surface area contributed by atoms with Gasteiger partial charge in [0.25, 0.3) is 0 Å². The predicted octanol–water partition coefficient (Wildman–Crippen LogP) is 2.60. The van der Waals surface area contributed by atoms with Gasteiger partial charge in [-0.15, -0.1) is 0 Å². The number of rotatable bonds is 5. The van der Waals surface area contributed by atoms with Crippen LogP contribution in [0.25, 0.3) is 0 Å². The van der Waals surface area contributed by atoms with Gasteiger partial charge in [-0.1, -0.05) is 0 Å². The van der Waals surface area contributed by atoms with E-state index in [1.807, 2.05) is 26.0 Å². The van der Waals surface area contributed by atoms with Crippen molar-refractivity contribution in [2.45, 2.75) is 39.8 Å². The fourth-order valence-corrected chi connectivity index (χ4v) is 1.80. The van der Waals surface area contributed by atoms with Crippen molar-refractivity contribution >= 4 is 24.1 Å². The first-order chi connectivity index (χ1) is 11.2. The molecule has 3 amide bonds. The minimum absolute atomic E-state index is 0.0985. The summed E-state index contributed by atoms with van der Waals surface area (Å²) < 4.78 is 5.58. The van der Waals surface area contributed by atoms with Gasteiger partial charge in [-0.3, -0.25) is 15.0 Å². The van der Waals surface area contributed by atoms with Crippen LogP contribution in [0.5, 0.6) is 5.75 Å². The molecule has 0 aliphatic rings. The van der Waals surface area contributed by atoms with Crippen LogP contribution in [0.15, 0.2) is 29.3 Å². The van der Waals surface area contributed by atoms with Gasteiger partial charge in [0.05, 0.1) is 11.8 Å². The number of hydrogen-bond acceptors (Lipinski definition) is 4. The number of aliphatic imine (C=N–C) groups is 1. The smallest absolute Gasteiger partial charge is 0.330 e. The van der Waals surface area contributed by atoms with Gasteiger partial charge in [-0.05, 0) is 52.0 Å². The minimum atomic E-state index is -0.521. The first-order valence-electron chi connectivity index (χ1n) is 7.82. The van der Waals surface area contributed by atoms with Crippen molar-refractivity contribution in [2.24, 2.45) is 4.99 Å². The van der Waals surface area contributed by atoms with Crippen molar-refractivity contribution in [3.63, 3.8) is 0 Å². The fourth-order valence-electron chi connectivity index (χ4n) is 1.80. The highest BCUT2D eigenvalue weighted by Gasteiger charge is 2.18. The van der Waals surface area contributed by atoms with Crippen molar-refractivity contribution < 1.29 is 14.3 Å². The molecule has 1 aromatic carbocycles. The Labute approximate surface area is 143 Å². The van der Waals surface area contributed by atoms with Crippen LogP contribution in [0.2, 0.25) is 0 Å². The maximum absolute atomic E-state index is 12.2. The fraction of sp³-hybridized carbons (Fsp3) is 0.471. The van der Waals surface area contributed by atoms with E-state index >= 15 is 0 Å². The zero-order chi connectivity index (χ0) is 18.3. The number of hydrogen-bond donors (Lipinski definition) is 1. The summed E-state index contributed by atoms with van der Waals surface area (Å²) in [6, 6.07) is 6.48. The topological polar surface area (TPSA) is 74.2 Å². The number of imide groups is 1. The number of nitrogens with zero attached hydrogens (tertiary/aromatic N) is 3. The van der Waals surface area contributed by atoms with E-state index in [0.717, 1.165) is 10.6 Å². The molecule has 0 atom stereocenters. The van der Waals surface area contributed by atoms with Gasteiger partial charge in [0.15, 0.2) is 0 Å².